The van der Waals surface area contributed by atoms with E-state index in [0.717, 1.165) is 38.2 Å². The third kappa shape index (κ3) is 5.81. The van der Waals surface area contributed by atoms with Crippen molar-refractivity contribution < 1.29 is 14.4 Å². The molecular formula is C41H37N5O3. The Morgan fingerprint density at radius 3 is 2.14 bits per heavy atom. The predicted molar refractivity (Wildman–Crippen MR) is 195 cm³/mol. The van der Waals surface area contributed by atoms with Crippen molar-refractivity contribution in [3.8, 4) is 0 Å². The van der Waals surface area contributed by atoms with Crippen LogP contribution in [-0.4, -0.2) is 48.4 Å². The summed E-state index contributed by atoms with van der Waals surface area (Å²) in [5.41, 5.74) is 4.48. The van der Waals surface area contributed by atoms with Gasteiger partial charge in [0, 0.05) is 18.0 Å². The van der Waals surface area contributed by atoms with Gasteiger partial charge in [-0.2, -0.15) is 0 Å². The highest BCUT2D eigenvalue weighted by Gasteiger charge is 2.42. The summed E-state index contributed by atoms with van der Waals surface area (Å²) in [7, 11) is 1.69. The minimum atomic E-state index is -1.06. The van der Waals surface area contributed by atoms with E-state index in [4.69, 9.17) is 0 Å². The van der Waals surface area contributed by atoms with Crippen molar-refractivity contribution in [1.82, 2.24) is 15.6 Å². The molecule has 1 unspecified atom stereocenters. The van der Waals surface area contributed by atoms with Gasteiger partial charge in [-0.25, -0.2) is 0 Å². The molecule has 1 aromatic heterocycles. The van der Waals surface area contributed by atoms with Gasteiger partial charge in [-0.3, -0.25) is 24.3 Å². The Morgan fingerprint density at radius 2 is 1.41 bits per heavy atom. The minimum Gasteiger partial charge on any atom is -0.341 e. The van der Waals surface area contributed by atoms with Gasteiger partial charge in [-0.05, 0) is 83.4 Å². The number of aromatic nitrogens is 1. The lowest BCUT2D eigenvalue weighted by Gasteiger charge is -2.36. The topological polar surface area (TPSA) is 94.6 Å². The SMILES string of the molecule is CN[C@@H](C)C(=O)N[C@H]1CN(C(=O)c2ccncc2)c2ccccc2N(C(c2cccc3ccccc23)c2c(C)ccc3ccccc23)C1=O. The van der Waals surface area contributed by atoms with Crippen LogP contribution in [0.3, 0.4) is 0 Å². The Balaban J connectivity index is 1.53. The second kappa shape index (κ2) is 13.3. The van der Waals surface area contributed by atoms with Gasteiger partial charge >= 0.3 is 0 Å². The molecule has 0 saturated carbocycles. The summed E-state index contributed by atoms with van der Waals surface area (Å²) in [5.74, 6) is -0.959. The van der Waals surface area contributed by atoms with E-state index >= 15 is 4.79 Å². The van der Waals surface area contributed by atoms with E-state index in [9.17, 15) is 9.59 Å². The monoisotopic (exact) mass is 647 g/mol. The molecule has 6 aromatic rings. The Labute approximate surface area is 285 Å². The standard InChI is InChI=1S/C41H37N5O3/c1-26-19-20-29-12-5-7-15-32(29)37(26)38(33-16-10-13-28-11-4-6-14-31(28)33)46-36-18-9-8-17-35(36)45(40(48)30-21-23-43-24-22-30)25-34(41(46)49)44-39(47)27(2)42-3/h4-24,27,34,38,42H,25H2,1-3H3,(H,44,47)/t27-,34-,38?/m0/s1. The number of aryl methyl sites for hydroxylation is 1. The van der Waals surface area contributed by atoms with Gasteiger partial charge in [0.05, 0.1) is 30.0 Å². The van der Waals surface area contributed by atoms with Crippen LogP contribution < -0.4 is 20.4 Å². The molecule has 5 aromatic carbocycles. The van der Waals surface area contributed by atoms with E-state index in [1.807, 2.05) is 54.6 Å². The third-order valence-electron chi connectivity index (χ3n) is 9.49. The quantitative estimate of drug-likeness (QED) is 0.204. The normalized spacial score (nSPS) is 15.8. The van der Waals surface area contributed by atoms with E-state index in [1.54, 1.807) is 48.3 Å². The molecule has 0 aliphatic carbocycles. The van der Waals surface area contributed by atoms with E-state index in [0.29, 0.717) is 16.9 Å². The van der Waals surface area contributed by atoms with Gasteiger partial charge in [-0.15, -0.1) is 0 Å². The number of para-hydroxylation sites is 2. The number of carbonyl (C=O) groups is 3. The fraction of sp³-hybridized carbons (Fsp3) is 0.171. The van der Waals surface area contributed by atoms with Gasteiger partial charge in [0.1, 0.15) is 6.04 Å². The molecule has 8 heteroatoms. The third-order valence-corrected chi connectivity index (χ3v) is 9.49. The van der Waals surface area contributed by atoms with Gasteiger partial charge < -0.3 is 15.5 Å². The van der Waals surface area contributed by atoms with Crippen LogP contribution in [0.25, 0.3) is 21.5 Å². The number of likely N-dealkylation sites (N-methyl/N-ethyl adjacent to an activating group) is 1. The Bertz CT molecular complexity index is 2200. The van der Waals surface area contributed by atoms with Gasteiger partial charge in [0.25, 0.3) is 11.8 Å². The van der Waals surface area contributed by atoms with Crippen molar-refractivity contribution in [3.05, 3.63) is 150 Å². The summed E-state index contributed by atoms with van der Waals surface area (Å²) < 4.78 is 0. The molecule has 2 heterocycles. The maximum atomic E-state index is 15.4. The van der Waals surface area contributed by atoms with Crippen LogP contribution >= 0.6 is 0 Å². The maximum absolute atomic E-state index is 15.4. The number of hydrogen-bond acceptors (Lipinski definition) is 5. The van der Waals surface area contributed by atoms with Gasteiger partial charge in [0.15, 0.2) is 0 Å². The van der Waals surface area contributed by atoms with Crippen LogP contribution in [0, 0.1) is 6.92 Å². The van der Waals surface area contributed by atoms with E-state index in [2.05, 4.69) is 71.1 Å². The first-order chi connectivity index (χ1) is 23.9. The number of amides is 3. The molecule has 0 spiro atoms. The van der Waals surface area contributed by atoms with Crippen LogP contribution in [0.15, 0.2) is 128 Å². The number of nitrogens with one attached hydrogen (secondary N) is 2. The molecule has 7 rings (SSSR count). The van der Waals surface area contributed by atoms with Crippen LogP contribution in [0.5, 0.6) is 0 Å². The van der Waals surface area contributed by atoms with Crippen LogP contribution in [-0.2, 0) is 9.59 Å². The highest BCUT2D eigenvalue weighted by molar-refractivity contribution is 6.13. The van der Waals surface area contributed by atoms with Crippen LogP contribution in [0.1, 0.15) is 40.0 Å². The Kier molecular flexibility index (Phi) is 8.63. The van der Waals surface area contributed by atoms with Crippen LogP contribution in [0.2, 0.25) is 0 Å². The molecule has 1 aliphatic heterocycles. The molecule has 2 N–H and O–H groups in total. The largest absolute Gasteiger partial charge is 0.341 e. The molecule has 3 amide bonds. The fourth-order valence-corrected chi connectivity index (χ4v) is 6.87. The highest BCUT2D eigenvalue weighted by atomic mass is 16.2. The summed E-state index contributed by atoms with van der Waals surface area (Å²) in [5, 5.41) is 10.1. The molecule has 49 heavy (non-hydrogen) atoms. The van der Waals surface area contributed by atoms with Crippen LogP contribution in [0.4, 0.5) is 11.4 Å². The van der Waals surface area contributed by atoms with E-state index < -0.39 is 18.1 Å². The number of carbonyl (C=O) groups excluding carboxylic acids is 3. The predicted octanol–water partition coefficient (Wildman–Crippen LogP) is 6.57. The van der Waals surface area contributed by atoms with Crippen molar-refractivity contribution in [2.45, 2.75) is 32.0 Å². The molecule has 1 aliphatic rings. The van der Waals surface area contributed by atoms with Crippen molar-refractivity contribution in [2.75, 3.05) is 23.4 Å². The van der Waals surface area contributed by atoms with E-state index in [-0.39, 0.29) is 24.3 Å². The minimum absolute atomic E-state index is 0.0630. The highest BCUT2D eigenvalue weighted by Crippen LogP contribution is 2.45. The first-order valence-corrected chi connectivity index (χ1v) is 16.4. The lowest BCUT2D eigenvalue weighted by atomic mass is 9.86. The molecule has 8 nitrogen and oxygen atoms in total. The summed E-state index contributed by atoms with van der Waals surface area (Å²) in [6, 6.07) is 35.3. The molecule has 0 bridgehead atoms. The smallest absolute Gasteiger partial charge is 0.258 e. The van der Waals surface area contributed by atoms with E-state index in [1.165, 1.54) is 0 Å². The summed E-state index contributed by atoms with van der Waals surface area (Å²) >= 11 is 0. The van der Waals surface area contributed by atoms with Gasteiger partial charge in [-0.1, -0.05) is 91.0 Å². The molecule has 0 saturated heterocycles. The number of hydrogen-bond donors (Lipinski definition) is 2. The Morgan fingerprint density at radius 1 is 0.776 bits per heavy atom. The van der Waals surface area contributed by atoms with Crippen molar-refractivity contribution in [1.29, 1.82) is 0 Å². The number of pyridine rings is 1. The molecular weight excluding hydrogens is 610 g/mol. The summed E-state index contributed by atoms with van der Waals surface area (Å²) in [4.78, 5) is 50.7. The zero-order valence-electron chi connectivity index (χ0n) is 27.6. The number of fused-ring (bicyclic) bond motifs is 3. The summed E-state index contributed by atoms with van der Waals surface area (Å²) in [6.45, 7) is 3.75. The first kappa shape index (κ1) is 31.7. The number of benzene rings is 5. The molecule has 3 atom stereocenters. The zero-order chi connectivity index (χ0) is 34.1. The summed E-state index contributed by atoms with van der Waals surface area (Å²) in [6.07, 6.45) is 3.14. The van der Waals surface area contributed by atoms with Gasteiger partial charge in [0.2, 0.25) is 5.91 Å². The molecule has 244 valence electrons. The molecule has 0 fully saturated rings. The number of rotatable bonds is 7. The zero-order valence-corrected chi connectivity index (χ0v) is 27.6. The fourth-order valence-electron chi connectivity index (χ4n) is 6.87. The Hall–Kier alpha value is -5.86. The first-order valence-electron chi connectivity index (χ1n) is 16.4. The second-order valence-electron chi connectivity index (χ2n) is 12.4. The maximum Gasteiger partial charge on any atom is 0.258 e. The van der Waals surface area contributed by atoms with Crippen molar-refractivity contribution in [3.63, 3.8) is 0 Å². The number of nitrogens with zero attached hydrogens (tertiary/aromatic N) is 3. The lowest BCUT2D eigenvalue weighted by Crippen LogP contribution is -2.56. The average molecular weight is 648 g/mol. The van der Waals surface area contributed by atoms with Crippen molar-refractivity contribution >= 4 is 50.6 Å². The number of anilines is 2. The lowest BCUT2D eigenvalue weighted by molar-refractivity contribution is -0.128. The average Bonchev–Trinajstić information content (AvgIpc) is 3.26. The second-order valence-corrected chi connectivity index (χ2v) is 12.4. The molecule has 0 radical (unpaired) electrons. The van der Waals surface area contributed by atoms with Crippen molar-refractivity contribution in [2.24, 2.45) is 0 Å².